The van der Waals surface area contributed by atoms with Crippen LogP contribution in [0, 0.1) is 0 Å². The summed E-state index contributed by atoms with van der Waals surface area (Å²) in [4.78, 5) is 44.4. The molecule has 0 aliphatic carbocycles. The summed E-state index contributed by atoms with van der Waals surface area (Å²) in [6, 6.07) is 3.15. The Hall–Kier alpha value is -2.44. The maximum Gasteiger partial charge on any atom is 0.325 e. The van der Waals surface area contributed by atoms with Crippen molar-refractivity contribution in [2.45, 2.75) is 58.7 Å². The lowest BCUT2D eigenvalue weighted by molar-refractivity contribution is -0.140. The molecule has 0 radical (unpaired) electrons. The SMILES string of the molecule is CCC1(CC)NC(=O)N(CC(=O)N(Cc2cccnc2)C(C)C)C1=O. The maximum absolute atomic E-state index is 12.8. The molecule has 4 amide bonds. The van der Waals surface area contributed by atoms with Crippen LogP contribution >= 0.6 is 0 Å². The van der Waals surface area contributed by atoms with Gasteiger partial charge in [-0.15, -0.1) is 0 Å². The van der Waals surface area contributed by atoms with Crippen molar-refractivity contribution in [1.82, 2.24) is 20.1 Å². The van der Waals surface area contributed by atoms with E-state index in [2.05, 4.69) is 10.3 Å². The molecule has 0 aromatic carbocycles. The molecule has 1 saturated heterocycles. The molecule has 0 spiro atoms. The molecule has 7 heteroatoms. The number of aromatic nitrogens is 1. The van der Waals surface area contributed by atoms with E-state index in [-0.39, 0.29) is 24.4 Å². The van der Waals surface area contributed by atoms with Crippen molar-refractivity contribution >= 4 is 17.8 Å². The van der Waals surface area contributed by atoms with Gasteiger partial charge in [0.15, 0.2) is 0 Å². The second-order valence-corrected chi connectivity index (χ2v) is 6.59. The number of carbonyl (C=O) groups is 3. The highest BCUT2D eigenvalue weighted by atomic mass is 16.2. The number of hydrogen-bond acceptors (Lipinski definition) is 4. The summed E-state index contributed by atoms with van der Waals surface area (Å²) in [5.41, 5.74) is 0.0156. The summed E-state index contributed by atoms with van der Waals surface area (Å²) in [5.74, 6) is -0.578. The Balaban J connectivity index is 2.13. The Morgan fingerprint density at radius 3 is 2.48 bits per heavy atom. The van der Waals surface area contributed by atoms with Crippen molar-refractivity contribution in [2.75, 3.05) is 6.54 Å². The zero-order valence-electron chi connectivity index (χ0n) is 15.3. The first-order chi connectivity index (χ1) is 11.8. The molecule has 1 aliphatic heterocycles. The van der Waals surface area contributed by atoms with Crippen molar-refractivity contribution in [3.05, 3.63) is 30.1 Å². The molecule has 1 fully saturated rings. The number of nitrogens with one attached hydrogen (secondary N) is 1. The van der Waals surface area contributed by atoms with Gasteiger partial charge in [0.05, 0.1) is 0 Å². The summed E-state index contributed by atoms with van der Waals surface area (Å²) in [5, 5.41) is 2.75. The van der Waals surface area contributed by atoms with Crippen LogP contribution < -0.4 is 5.32 Å². The van der Waals surface area contributed by atoms with Crippen LogP contribution in [0.3, 0.4) is 0 Å². The van der Waals surface area contributed by atoms with Gasteiger partial charge in [-0.2, -0.15) is 0 Å². The van der Waals surface area contributed by atoms with Gasteiger partial charge < -0.3 is 10.2 Å². The molecule has 0 atom stereocenters. The molecule has 1 aromatic rings. The average Bonchev–Trinajstić information content (AvgIpc) is 2.84. The van der Waals surface area contributed by atoms with Gasteiger partial charge in [-0.3, -0.25) is 19.5 Å². The van der Waals surface area contributed by atoms with Crippen LogP contribution in [0.5, 0.6) is 0 Å². The summed E-state index contributed by atoms with van der Waals surface area (Å²) in [6.45, 7) is 7.67. The van der Waals surface area contributed by atoms with E-state index in [9.17, 15) is 14.4 Å². The lowest BCUT2D eigenvalue weighted by atomic mass is 9.93. The van der Waals surface area contributed by atoms with Crippen molar-refractivity contribution in [3.8, 4) is 0 Å². The van der Waals surface area contributed by atoms with Gasteiger partial charge in [0.25, 0.3) is 5.91 Å². The fraction of sp³-hybridized carbons (Fsp3) is 0.556. The average molecular weight is 346 g/mol. The van der Waals surface area contributed by atoms with Crippen LogP contribution in [-0.4, -0.2) is 50.8 Å². The van der Waals surface area contributed by atoms with Crippen molar-refractivity contribution in [1.29, 1.82) is 0 Å². The van der Waals surface area contributed by atoms with Crippen LogP contribution in [0.15, 0.2) is 24.5 Å². The van der Waals surface area contributed by atoms with Crippen molar-refractivity contribution in [3.63, 3.8) is 0 Å². The van der Waals surface area contributed by atoms with Crippen LogP contribution in [0.25, 0.3) is 0 Å². The first-order valence-corrected chi connectivity index (χ1v) is 8.67. The molecule has 2 heterocycles. The molecule has 1 aliphatic rings. The smallest absolute Gasteiger partial charge is 0.325 e. The summed E-state index contributed by atoms with van der Waals surface area (Å²) < 4.78 is 0. The van der Waals surface area contributed by atoms with Gasteiger partial charge in [0, 0.05) is 25.0 Å². The van der Waals surface area contributed by atoms with Crippen molar-refractivity contribution < 1.29 is 14.4 Å². The van der Waals surface area contributed by atoms with Crippen LogP contribution in [0.4, 0.5) is 4.79 Å². The molecule has 136 valence electrons. The number of urea groups is 1. The maximum atomic E-state index is 12.8. The van der Waals surface area contributed by atoms with Crippen LogP contribution in [-0.2, 0) is 16.1 Å². The lowest BCUT2D eigenvalue weighted by Crippen LogP contribution is -2.47. The largest absolute Gasteiger partial charge is 0.334 e. The predicted octanol–water partition coefficient (Wildman–Crippen LogP) is 1.93. The van der Waals surface area contributed by atoms with E-state index in [1.807, 2.05) is 39.8 Å². The third kappa shape index (κ3) is 3.81. The number of carbonyl (C=O) groups excluding carboxylic acids is 3. The molecule has 1 N–H and O–H groups in total. The third-order valence-corrected chi connectivity index (χ3v) is 4.77. The fourth-order valence-electron chi connectivity index (χ4n) is 3.02. The van der Waals surface area contributed by atoms with Gasteiger partial charge >= 0.3 is 6.03 Å². The predicted molar refractivity (Wildman–Crippen MR) is 93.5 cm³/mol. The van der Waals surface area contributed by atoms with Gasteiger partial charge in [-0.25, -0.2) is 4.79 Å². The van der Waals surface area contributed by atoms with Crippen LogP contribution in [0.2, 0.25) is 0 Å². The van der Waals surface area contributed by atoms with E-state index < -0.39 is 11.6 Å². The fourth-order valence-corrected chi connectivity index (χ4v) is 3.02. The normalized spacial score (nSPS) is 16.3. The monoisotopic (exact) mass is 346 g/mol. The number of amides is 4. The van der Waals surface area contributed by atoms with Gasteiger partial charge in [0.1, 0.15) is 12.1 Å². The highest BCUT2D eigenvalue weighted by molar-refractivity contribution is 6.09. The molecular formula is C18H26N4O3. The van der Waals surface area contributed by atoms with E-state index in [1.54, 1.807) is 17.3 Å². The van der Waals surface area contributed by atoms with E-state index >= 15 is 0 Å². The Bertz CT molecular complexity index is 641. The first kappa shape index (κ1) is 18.9. The Morgan fingerprint density at radius 2 is 2.00 bits per heavy atom. The minimum absolute atomic E-state index is 0.0596. The Labute approximate surface area is 148 Å². The summed E-state index contributed by atoms with van der Waals surface area (Å²) in [6.07, 6.45) is 4.38. The van der Waals surface area contributed by atoms with E-state index in [4.69, 9.17) is 0 Å². The van der Waals surface area contributed by atoms with Crippen LogP contribution in [0.1, 0.15) is 46.1 Å². The topological polar surface area (TPSA) is 82.6 Å². The molecule has 7 nitrogen and oxygen atoms in total. The second kappa shape index (κ2) is 7.63. The van der Waals surface area contributed by atoms with Gasteiger partial charge in [0.2, 0.25) is 5.91 Å². The molecule has 2 rings (SSSR count). The number of pyridine rings is 1. The Kier molecular flexibility index (Phi) is 5.77. The number of nitrogens with zero attached hydrogens (tertiary/aromatic N) is 3. The summed E-state index contributed by atoms with van der Waals surface area (Å²) in [7, 11) is 0. The molecular weight excluding hydrogens is 320 g/mol. The second-order valence-electron chi connectivity index (χ2n) is 6.59. The highest BCUT2D eigenvalue weighted by Crippen LogP contribution is 2.25. The van der Waals surface area contributed by atoms with E-state index in [0.29, 0.717) is 19.4 Å². The lowest BCUT2D eigenvalue weighted by Gasteiger charge is -2.28. The van der Waals surface area contributed by atoms with E-state index in [1.165, 1.54) is 0 Å². The molecule has 25 heavy (non-hydrogen) atoms. The minimum Gasteiger partial charge on any atom is -0.334 e. The third-order valence-electron chi connectivity index (χ3n) is 4.77. The zero-order valence-corrected chi connectivity index (χ0v) is 15.3. The zero-order chi connectivity index (χ0) is 18.6. The molecule has 1 aromatic heterocycles. The molecule has 0 bridgehead atoms. The minimum atomic E-state index is -0.886. The van der Waals surface area contributed by atoms with Crippen molar-refractivity contribution in [2.24, 2.45) is 0 Å². The molecule has 0 saturated carbocycles. The number of hydrogen-bond donors (Lipinski definition) is 1. The quantitative estimate of drug-likeness (QED) is 0.765. The first-order valence-electron chi connectivity index (χ1n) is 8.67. The number of rotatable bonds is 7. The number of imide groups is 1. The molecule has 0 unspecified atom stereocenters. The Morgan fingerprint density at radius 1 is 1.32 bits per heavy atom. The summed E-state index contributed by atoms with van der Waals surface area (Å²) >= 11 is 0. The van der Waals surface area contributed by atoms with Gasteiger partial charge in [-0.1, -0.05) is 19.9 Å². The highest BCUT2D eigenvalue weighted by Gasteiger charge is 2.49. The van der Waals surface area contributed by atoms with E-state index in [0.717, 1.165) is 10.5 Å². The standard InChI is InChI=1S/C18H26N4O3/c1-5-18(6-2)16(24)22(17(25)20-18)12-15(23)21(13(3)4)11-14-8-7-9-19-10-14/h7-10,13H,5-6,11-12H2,1-4H3,(H,20,25). The van der Waals surface area contributed by atoms with Gasteiger partial charge in [-0.05, 0) is 38.3 Å².